The van der Waals surface area contributed by atoms with E-state index < -0.39 is 0 Å². The molecule has 8 heteroatoms. The molecule has 7 nitrogen and oxygen atoms in total. The van der Waals surface area contributed by atoms with E-state index in [0.717, 1.165) is 5.00 Å². The summed E-state index contributed by atoms with van der Waals surface area (Å²) in [7, 11) is 1.53. The predicted molar refractivity (Wildman–Crippen MR) is 81.1 cm³/mol. The number of Topliss-reactive ketones (excluding diaryl/α,β-unsaturated/α-hetero) is 1. The third kappa shape index (κ3) is 3.33. The quantitative estimate of drug-likeness (QED) is 0.756. The molecular weight excluding hydrogens is 292 g/mol. The normalized spacial score (nSPS) is 10.6. The highest BCUT2D eigenvalue weighted by atomic mass is 32.1. The van der Waals surface area contributed by atoms with Crippen molar-refractivity contribution in [3.05, 3.63) is 16.6 Å². The number of aryl methyl sites for hydroxylation is 1. The number of ketones is 1. The molecule has 0 saturated heterocycles. The molecule has 0 spiro atoms. The number of thiophene rings is 1. The molecule has 0 aliphatic rings. The lowest BCUT2D eigenvalue weighted by molar-refractivity contribution is 0.0992. The lowest BCUT2D eigenvalue weighted by Gasteiger charge is -2.05. The van der Waals surface area contributed by atoms with Crippen LogP contribution in [-0.4, -0.2) is 29.6 Å². The Kier molecular flexibility index (Phi) is 4.79. The minimum Gasteiger partial charge on any atom is -0.492 e. The minimum atomic E-state index is 0.0117. The van der Waals surface area contributed by atoms with Gasteiger partial charge in [0.2, 0.25) is 5.89 Å². The van der Waals surface area contributed by atoms with Gasteiger partial charge in [-0.1, -0.05) is 12.1 Å². The topological polar surface area (TPSA) is 103 Å². The first-order valence-corrected chi connectivity index (χ1v) is 7.41. The first-order chi connectivity index (χ1) is 10.1. The number of nitrogens with two attached hydrogens (primary N) is 1. The highest BCUT2D eigenvalue weighted by molar-refractivity contribution is 7.19. The summed E-state index contributed by atoms with van der Waals surface area (Å²) in [5, 5.41) is 7.77. The van der Waals surface area contributed by atoms with Crippen LogP contribution in [-0.2, 0) is 6.42 Å². The van der Waals surface area contributed by atoms with Gasteiger partial charge in [0, 0.05) is 26.3 Å². The molecular formula is C13H18N4O3S. The van der Waals surface area contributed by atoms with E-state index in [2.05, 4.69) is 15.5 Å². The maximum atomic E-state index is 11.8. The second-order valence-electron chi connectivity index (χ2n) is 4.39. The van der Waals surface area contributed by atoms with Crippen molar-refractivity contribution in [2.75, 3.05) is 24.7 Å². The van der Waals surface area contributed by atoms with Gasteiger partial charge in [0.25, 0.3) is 0 Å². The van der Waals surface area contributed by atoms with Crippen molar-refractivity contribution >= 4 is 27.8 Å². The molecule has 3 N–H and O–H groups in total. The Morgan fingerprint density at radius 2 is 2.29 bits per heavy atom. The molecule has 114 valence electrons. The van der Waals surface area contributed by atoms with Gasteiger partial charge in [-0.3, -0.25) is 4.79 Å². The highest BCUT2D eigenvalue weighted by Crippen LogP contribution is 2.42. The van der Waals surface area contributed by atoms with Gasteiger partial charge in [-0.2, -0.15) is 4.98 Å². The van der Waals surface area contributed by atoms with E-state index in [1.165, 1.54) is 18.4 Å². The van der Waals surface area contributed by atoms with Crippen LogP contribution in [0.4, 0.5) is 10.7 Å². The van der Waals surface area contributed by atoms with Crippen molar-refractivity contribution in [1.82, 2.24) is 10.1 Å². The number of ether oxygens (including phenoxy) is 1. The van der Waals surface area contributed by atoms with Crippen LogP contribution < -0.4 is 15.8 Å². The predicted octanol–water partition coefficient (Wildman–Crippen LogP) is 2.28. The molecule has 0 aliphatic heterocycles. The molecule has 2 heterocycles. The lowest BCUT2D eigenvalue weighted by Crippen LogP contribution is -2.05. The summed E-state index contributed by atoms with van der Waals surface area (Å²) in [5.41, 5.74) is 6.36. The van der Waals surface area contributed by atoms with Crippen LogP contribution in [0.5, 0.6) is 5.75 Å². The molecule has 0 saturated carbocycles. The molecule has 0 aliphatic carbocycles. The Bertz CT molecular complexity index is 635. The molecule has 21 heavy (non-hydrogen) atoms. The molecule has 0 radical (unpaired) electrons. The first kappa shape index (κ1) is 15.3. The van der Waals surface area contributed by atoms with Crippen LogP contribution in [0.25, 0.3) is 0 Å². The molecule has 0 atom stereocenters. The van der Waals surface area contributed by atoms with Gasteiger partial charge < -0.3 is 20.3 Å². The summed E-state index contributed by atoms with van der Waals surface area (Å²) in [5.74, 6) is 1.70. The van der Waals surface area contributed by atoms with Gasteiger partial charge in [-0.15, -0.1) is 11.3 Å². The fourth-order valence-electron chi connectivity index (χ4n) is 1.85. The van der Waals surface area contributed by atoms with E-state index in [4.69, 9.17) is 15.0 Å². The van der Waals surface area contributed by atoms with E-state index in [1.54, 1.807) is 13.8 Å². The van der Waals surface area contributed by atoms with Crippen molar-refractivity contribution in [3.63, 3.8) is 0 Å². The third-order valence-electron chi connectivity index (χ3n) is 2.88. The maximum Gasteiger partial charge on any atom is 0.223 e. The van der Waals surface area contributed by atoms with E-state index in [-0.39, 0.29) is 5.78 Å². The molecule has 2 aromatic heterocycles. The van der Waals surface area contributed by atoms with Gasteiger partial charge in [-0.25, -0.2) is 0 Å². The zero-order valence-electron chi connectivity index (χ0n) is 12.2. The average Bonchev–Trinajstić information content (AvgIpc) is 3.02. The second-order valence-corrected chi connectivity index (χ2v) is 5.41. The summed E-state index contributed by atoms with van der Waals surface area (Å²) in [6, 6.07) is 0. The van der Waals surface area contributed by atoms with E-state index in [9.17, 15) is 4.79 Å². The van der Waals surface area contributed by atoms with Crippen molar-refractivity contribution in [2.45, 2.75) is 26.7 Å². The first-order valence-electron chi connectivity index (χ1n) is 6.59. The summed E-state index contributed by atoms with van der Waals surface area (Å²) < 4.78 is 10.2. The van der Waals surface area contributed by atoms with Crippen LogP contribution in [0, 0.1) is 6.92 Å². The number of carbonyl (C=O) groups excluding carboxylic acids is 1. The van der Waals surface area contributed by atoms with Crippen molar-refractivity contribution in [1.29, 1.82) is 0 Å². The van der Waals surface area contributed by atoms with E-state index in [0.29, 0.717) is 47.4 Å². The molecule has 2 aromatic rings. The minimum absolute atomic E-state index is 0.0117. The van der Waals surface area contributed by atoms with Gasteiger partial charge >= 0.3 is 0 Å². The number of hydrogen-bond acceptors (Lipinski definition) is 8. The van der Waals surface area contributed by atoms with Crippen molar-refractivity contribution in [3.8, 4) is 5.75 Å². The third-order valence-corrected chi connectivity index (χ3v) is 4.07. The molecule has 2 rings (SSSR count). The second kappa shape index (κ2) is 6.57. The lowest BCUT2D eigenvalue weighted by atomic mass is 10.2. The van der Waals surface area contributed by atoms with Crippen LogP contribution in [0.15, 0.2) is 4.52 Å². The SMILES string of the molecule is CCC(=O)c1sc(NCCc2noc(C)n2)c(OC)c1N. The molecule has 0 unspecified atom stereocenters. The largest absolute Gasteiger partial charge is 0.492 e. The number of carbonyl (C=O) groups is 1. The van der Waals surface area contributed by atoms with Gasteiger partial charge in [-0.05, 0) is 0 Å². The number of nitrogens with zero attached hydrogens (tertiary/aromatic N) is 2. The number of rotatable bonds is 7. The van der Waals surface area contributed by atoms with E-state index >= 15 is 0 Å². The number of methoxy groups -OCH3 is 1. The summed E-state index contributed by atoms with van der Waals surface area (Å²) >= 11 is 1.31. The fourth-order valence-corrected chi connectivity index (χ4v) is 2.97. The van der Waals surface area contributed by atoms with Crippen molar-refractivity contribution in [2.24, 2.45) is 0 Å². The summed E-state index contributed by atoms with van der Waals surface area (Å²) in [4.78, 5) is 16.5. The van der Waals surface area contributed by atoms with Gasteiger partial charge in [0.15, 0.2) is 17.4 Å². The average molecular weight is 310 g/mol. The summed E-state index contributed by atoms with van der Waals surface area (Å²) in [6.45, 7) is 4.14. The number of anilines is 2. The highest BCUT2D eigenvalue weighted by Gasteiger charge is 2.20. The molecule has 0 amide bonds. The summed E-state index contributed by atoms with van der Waals surface area (Å²) in [6.07, 6.45) is 1.02. The number of aromatic nitrogens is 2. The Balaban J connectivity index is 2.07. The molecule has 0 bridgehead atoms. The monoisotopic (exact) mass is 310 g/mol. The smallest absolute Gasteiger partial charge is 0.223 e. The zero-order valence-corrected chi connectivity index (χ0v) is 13.0. The van der Waals surface area contributed by atoms with Crippen LogP contribution in [0.2, 0.25) is 0 Å². The van der Waals surface area contributed by atoms with E-state index in [1.807, 2.05) is 0 Å². The zero-order chi connectivity index (χ0) is 15.4. The van der Waals surface area contributed by atoms with Gasteiger partial charge in [0.05, 0.1) is 17.7 Å². The number of nitrogen functional groups attached to an aromatic ring is 1. The molecule has 0 fully saturated rings. The fraction of sp³-hybridized carbons (Fsp3) is 0.462. The Morgan fingerprint density at radius 1 is 1.52 bits per heavy atom. The molecule has 0 aromatic carbocycles. The van der Waals surface area contributed by atoms with Crippen LogP contribution in [0.1, 0.15) is 34.7 Å². The Hall–Kier alpha value is -2.09. The Morgan fingerprint density at radius 3 is 2.86 bits per heavy atom. The number of hydrogen-bond donors (Lipinski definition) is 2. The number of nitrogens with one attached hydrogen (secondary N) is 1. The van der Waals surface area contributed by atoms with Crippen LogP contribution in [0.3, 0.4) is 0 Å². The van der Waals surface area contributed by atoms with Crippen molar-refractivity contribution < 1.29 is 14.1 Å². The van der Waals surface area contributed by atoms with Crippen LogP contribution >= 0.6 is 11.3 Å². The standard InChI is InChI=1S/C13H18N4O3S/c1-4-8(18)12-10(14)11(19-3)13(21-12)15-6-5-9-16-7(2)20-17-9/h15H,4-6,14H2,1-3H3. The maximum absolute atomic E-state index is 11.8. The van der Waals surface area contributed by atoms with Gasteiger partial charge in [0.1, 0.15) is 5.00 Å². The Labute approximate surface area is 126 Å².